The van der Waals surface area contributed by atoms with Gasteiger partial charge in [0.2, 0.25) is 0 Å². The molecule has 26 heavy (non-hydrogen) atoms. The highest BCUT2D eigenvalue weighted by Crippen LogP contribution is 2.44. The van der Waals surface area contributed by atoms with E-state index in [1.54, 1.807) is 0 Å². The molecule has 3 atom stereocenters. The molecule has 1 aliphatic heterocycles. The van der Waals surface area contributed by atoms with Crippen LogP contribution in [0, 0.1) is 5.92 Å². The minimum atomic E-state index is 0.231. The average Bonchev–Trinajstić information content (AvgIpc) is 2.70. The van der Waals surface area contributed by atoms with Gasteiger partial charge in [0, 0.05) is 24.4 Å². The SMILES string of the molecule is CCCCC[C@@H]1/C(=N/O)C[C@H](c2ccccc2)N(C)[C@@H]1c1ccccc1. The van der Waals surface area contributed by atoms with Crippen LogP contribution in [0.2, 0.25) is 0 Å². The van der Waals surface area contributed by atoms with Gasteiger partial charge in [-0.05, 0) is 24.6 Å². The molecule has 0 unspecified atom stereocenters. The summed E-state index contributed by atoms with van der Waals surface area (Å²) >= 11 is 0. The first-order chi connectivity index (χ1) is 12.8. The van der Waals surface area contributed by atoms with Crippen molar-refractivity contribution in [3.8, 4) is 0 Å². The molecule has 0 spiro atoms. The first kappa shape index (κ1) is 18.7. The van der Waals surface area contributed by atoms with Crippen LogP contribution in [-0.4, -0.2) is 22.9 Å². The van der Waals surface area contributed by atoms with Crippen molar-refractivity contribution in [2.75, 3.05) is 7.05 Å². The van der Waals surface area contributed by atoms with E-state index in [2.05, 4.69) is 84.7 Å². The van der Waals surface area contributed by atoms with Gasteiger partial charge in [-0.15, -0.1) is 0 Å². The van der Waals surface area contributed by atoms with Crippen LogP contribution in [0.5, 0.6) is 0 Å². The Hall–Kier alpha value is -2.13. The smallest absolute Gasteiger partial charge is 0.0639 e. The third-order valence-electron chi connectivity index (χ3n) is 5.71. The van der Waals surface area contributed by atoms with Gasteiger partial charge in [-0.3, -0.25) is 4.90 Å². The molecule has 2 aromatic carbocycles. The normalized spacial score (nSPS) is 25.5. The molecule has 0 aromatic heterocycles. The number of oxime groups is 1. The van der Waals surface area contributed by atoms with E-state index in [0.29, 0.717) is 0 Å². The Bertz CT molecular complexity index is 699. The molecular weight excluding hydrogens is 320 g/mol. The van der Waals surface area contributed by atoms with E-state index >= 15 is 0 Å². The van der Waals surface area contributed by atoms with Crippen LogP contribution in [0.25, 0.3) is 0 Å². The molecule has 3 nitrogen and oxygen atoms in total. The molecule has 1 N–H and O–H groups in total. The molecule has 0 amide bonds. The summed E-state index contributed by atoms with van der Waals surface area (Å²) < 4.78 is 0. The quantitative estimate of drug-likeness (QED) is 0.404. The third-order valence-corrected chi connectivity index (χ3v) is 5.71. The van der Waals surface area contributed by atoms with Gasteiger partial charge in [0.25, 0.3) is 0 Å². The lowest BCUT2D eigenvalue weighted by Gasteiger charge is -2.45. The monoisotopic (exact) mass is 350 g/mol. The van der Waals surface area contributed by atoms with Gasteiger partial charge in [-0.1, -0.05) is 92.0 Å². The lowest BCUT2D eigenvalue weighted by molar-refractivity contribution is 0.117. The van der Waals surface area contributed by atoms with E-state index in [0.717, 1.165) is 18.6 Å². The minimum absolute atomic E-state index is 0.231. The van der Waals surface area contributed by atoms with Crippen LogP contribution in [0.15, 0.2) is 65.8 Å². The standard InChI is InChI=1S/C23H30N2O/c1-3-4-7-16-20-21(24-26)17-22(18-12-8-5-9-13-18)25(2)23(20)19-14-10-6-11-15-19/h5-6,8-15,20,22-23,26H,3-4,7,16-17H2,1-2H3/b24-21+/t20-,22-,23-/m1/s1. The van der Waals surface area contributed by atoms with Gasteiger partial charge in [-0.2, -0.15) is 0 Å². The van der Waals surface area contributed by atoms with Crippen molar-refractivity contribution in [2.24, 2.45) is 11.1 Å². The van der Waals surface area contributed by atoms with Gasteiger partial charge in [-0.25, -0.2) is 0 Å². The summed E-state index contributed by atoms with van der Waals surface area (Å²) in [6, 6.07) is 21.7. The van der Waals surface area contributed by atoms with E-state index in [1.165, 1.54) is 30.4 Å². The Morgan fingerprint density at radius 2 is 1.58 bits per heavy atom. The van der Waals surface area contributed by atoms with Crippen LogP contribution in [0.3, 0.4) is 0 Å². The highest BCUT2D eigenvalue weighted by Gasteiger charge is 2.40. The molecule has 138 valence electrons. The molecule has 3 heteroatoms. The van der Waals surface area contributed by atoms with Crippen molar-refractivity contribution in [3.05, 3.63) is 71.8 Å². The van der Waals surface area contributed by atoms with Gasteiger partial charge in [0.05, 0.1) is 5.71 Å². The van der Waals surface area contributed by atoms with Crippen LogP contribution in [0.4, 0.5) is 0 Å². The topological polar surface area (TPSA) is 35.8 Å². The Kier molecular flexibility index (Phi) is 6.45. The lowest BCUT2D eigenvalue weighted by atomic mass is 9.76. The zero-order valence-corrected chi connectivity index (χ0v) is 15.9. The third kappa shape index (κ3) is 3.99. The minimum Gasteiger partial charge on any atom is -0.411 e. The maximum Gasteiger partial charge on any atom is 0.0639 e. The first-order valence-corrected chi connectivity index (χ1v) is 9.79. The van der Waals surface area contributed by atoms with Gasteiger partial charge in [0.1, 0.15) is 0 Å². The van der Waals surface area contributed by atoms with Crippen molar-refractivity contribution in [3.63, 3.8) is 0 Å². The summed E-state index contributed by atoms with van der Waals surface area (Å²) in [5.74, 6) is 0.263. The fraction of sp³-hybridized carbons (Fsp3) is 0.435. The van der Waals surface area contributed by atoms with Crippen LogP contribution in [-0.2, 0) is 0 Å². The Balaban J connectivity index is 1.97. The lowest BCUT2D eigenvalue weighted by Crippen LogP contribution is -2.43. The molecular formula is C23H30N2O. The zero-order chi connectivity index (χ0) is 18.4. The largest absolute Gasteiger partial charge is 0.411 e. The Morgan fingerprint density at radius 1 is 0.962 bits per heavy atom. The molecule has 0 radical (unpaired) electrons. The van der Waals surface area contributed by atoms with E-state index in [-0.39, 0.29) is 18.0 Å². The second kappa shape index (κ2) is 9.00. The summed E-state index contributed by atoms with van der Waals surface area (Å²) in [4.78, 5) is 2.48. The maximum absolute atomic E-state index is 9.80. The second-order valence-corrected chi connectivity index (χ2v) is 7.35. The molecule has 1 fully saturated rings. The summed E-state index contributed by atoms with van der Waals surface area (Å²) in [5.41, 5.74) is 3.53. The van der Waals surface area contributed by atoms with Crippen LogP contribution in [0.1, 0.15) is 62.2 Å². The van der Waals surface area contributed by atoms with Crippen molar-refractivity contribution < 1.29 is 5.21 Å². The number of nitrogens with zero attached hydrogens (tertiary/aromatic N) is 2. The Labute approximate surface area is 157 Å². The van der Waals surface area contributed by atoms with E-state index in [1.807, 2.05) is 0 Å². The molecule has 1 heterocycles. The Morgan fingerprint density at radius 3 is 2.15 bits per heavy atom. The molecule has 1 saturated heterocycles. The fourth-order valence-electron chi connectivity index (χ4n) is 4.35. The van der Waals surface area contributed by atoms with E-state index in [9.17, 15) is 5.21 Å². The summed E-state index contributed by atoms with van der Waals surface area (Å²) in [6.07, 6.45) is 5.46. The number of rotatable bonds is 6. The zero-order valence-electron chi connectivity index (χ0n) is 15.9. The molecule has 2 aromatic rings. The van der Waals surface area contributed by atoms with Crippen LogP contribution < -0.4 is 0 Å². The first-order valence-electron chi connectivity index (χ1n) is 9.79. The molecule has 0 aliphatic carbocycles. The number of hydrogen-bond donors (Lipinski definition) is 1. The summed E-state index contributed by atoms with van der Waals surface area (Å²) in [6.45, 7) is 2.23. The average molecular weight is 351 g/mol. The van der Waals surface area contributed by atoms with E-state index < -0.39 is 0 Å². The number of benzene rings is 2. The predicted molar refractivity (Wildman–Crippen MR) is 108 cm³/mol. The molecule has 1 aliphatic rings. The predicted octanol–water partition coefficient (Wildman–Crippen LogP) is 5.83. The summed E-state index contributed by atoms with van der Waals surface area (Å²) in [5, 5.41) is 13.6. The highest BCUT2D eigenvalue weighted by atomic mass is 16.4. The van der Waals surface area contributed by atoms with Gasteiger partial charge >= 0.3 is 0 Å². The highest BCUT2D eigenvalue weighted by molar-refractivity contribution is 5.88. The van der Waals surface area contributed by atoms with Crippen molar-refractivity contribution in [1.82, 2.24) is 4.90 Å². The number of piperidine rings is 1. The van der Waals surface area contributed by atoms with Crippen molar-refractivity contribution in [2.45, 2.75) is 51.1 Å². The van der Waals surface area contributed by atoms with Crippen molar-refractivity contribution >= 4 is 5.71 Å². The maximum atomic E-state index is 9.80. The molecule has 0 saturated carbocycles. The van der Waals surface area contributed by atoms with Crippen molar-refractivity contribution in [1.29, 1.82) is 0 Å². The number of unbranched alkanes of at least 4 members (excludes halogenated alkanes) is 2. The molecule has 0 bridgehead atoms. The fourth-order valence-corrected chi connectivity index (χ4v) is 4.35. The second-order valence-electron chi connectivity index (χ2n) is 7.35. The summed E-state index contributed by atoms with van der Waals surface area (Å²) in [7, 11) is 2.22. The number of likely N-dealkylation sites (tertiary alicyclic amines) is 1. The number of hydrogen-bond acceptors (Lipinski definition) is 3. The van der Waals surface area contributed by atoms with E-state index in [4.69, 9.17) is 0 Å². The van der Waals surface area contributed by atoms with Gasteiger partial charge in [0.15, 0.2) is 0 Å². The molecule has 3 rings (SSSR count). The van der Waals surface area contributed by atoms with Crippen LogP contribution >= 0.6 is 0 Å². The van der Waals surface area contributed by atoms with Gasteiger partial charge < -0.3 is 5.21 Å².